The molecule has 1 amide bonds. The Balaban J connectivity index is 3.19. The van der Waals surface area contributed by atoms with E-state index < -0.39 is 24.2 Å². The van der Waals surface area contributed by atoms with Crippen LogP contribution < -0.4 is 10.1 Å². The summed E-state index contributed by atoms with van der Waals surface area (Å²) in [6, 6.07) is 4.26. The minimum Gasteiger partial charge on any atom is -0.434 e. The largest absolute Gasteiger partial charge is 0.434 e. The zero-order chi connectivity index (χ0) is 16.2. The summed E-state index contributed by atoms with van der Waals surface area (Å²) in [6.07, 6.45) is 0. The SMILES string of the molecule is CNC(=O)C(C#N)C(=O)c1cc(C)c(OC(F)F)c(C)c1. The zero-order valence-electron chi connectivity index (χ0n) is 11.7. The van der Waals surface area contributed by atoms with E-state index >= 15 is 0 Å². The van der Waals surface area contributed by atoms with Gasteiger partial charge in [0.25, 0.3) is 0 Å². The molecule has 0 aliphatic heterocycles. The van der Waals surface area contributed by atoms with Crippen LogP contribution in [0.5, 0.6) is 5.75 Å². The monoisotopic (exact) mass is 296 g/mol. The molecule has 1 atom stereocenters. The molecule has 0 bridgehead atoms. The molecule has 5 nitrogen and oxygen atoms in total. The molecule has 112 valence electrons. The molecule has 0 aliphatic carbocycles. The first-order valence-corrected chi connectivity index (χ1v) is 6.03. The highest BCUT2D eigenvalue weighted by molar-refractivity contribution is 6.12. The van der Waals surface area contributed by atoms with Crippen molar-refractivity contribution in [1.29, 1.82) is 5.26 Å². The fourth-order valence-corrected chi connectivity index (χ4v) is 1.91. The molecule has 0 fully saturated rings. The number of carbonyl (C=O) groups is 2. The fourth-order valence-electron chi connectivity index (χ4n) is 1.91. The molecule has 0 radical (unpaired) electrons. The Morgan fingerprint density at radius 2 is 1.81 bits per heavy atom. The van der Waals surface area contributed by atoms with Crippen LogP contribution in [-0.4, -0.2) is 25.3 Å². The smallest absolute Gasteiger partial charge is 0.387 e. The number of Topliss-reactive ketones (excluding diaryl/α,β-unsaturated/α-hetero) is 1. The summed E-state index contributed by atoms with van der Waals surface area (Å²) >= 11 is 0. The maximum Gasteiger partial charge on any atom is 0.387 e. The number of ether oxygens (including phenoxy) is 1. The molecule has 21 heavy (non-hydrogen) atoms. The average molecular weight is 296 g/mol. The number of hydrogen-bond acceptors (Lipinski definition) is 4. The van der Waals surface area contributed by atoms with Crippen LogP contribution in [0.15, 0.2) is 12.1 Å². The van der Waals surface area contributed by atoms with E-state index in [-0.39, 0.29) is 11.3 Å². The van der Waals surface area contributed by atoms with E-state index in [9.17, 15) is 18.4 Å². The van der Waals surface area contributed by atoms with Gasteiger partial charge in [-0.05, 0) is 37.1 Å². The van der Waals surface area contributed by atoms with Crippen molar-refractivity contribution in [1.82, 2.24) is 5.32 Å². The second-order valence-electron chi connectivity index (χ2n) is 4.36. The van der Waals surface area contributed by atoms with Gasteiger partial charge in [0.15, 0.2) is 11.7 Å². The molecule has 1 aromatic carbocycles. The van der Waals surface area contributed by atoms with Crippen molar-refractivity contribution < 1.29 is 23.1 Å². The van der Waals surface area contributed by atoms with Gasteiger partial charge in [0, 0.05) is 12.6 Å². The summed E-state index contributed by atoms with van der Waals surface area (Å²) in [7, 11) is 1.32. The molecule has 0 aliphatic rings. The standard InChI is InChI=1S/C14H14F2N2O3/c1-7-4-9(5-8(2)12(7)21-14(15)16)11(19)10(6-17)13(20)18-3/h4-5,10,14H,1-3H3,(H,18,20). The fraction of sp³-hybridized carbons (Fsp3) is 0.357. The molecule has 0 saturated heterocycles. The Hall–Kier alpha value is -2.49. The van der Waals surface area contributed by atoms with Crippen LogP contribution in [0.1, 0.15) is 21.5 Å². The molecule has 1 N–H and O–H groups in total. The highest BCUT2D eigenvalue weighted by atomic mass is 19.3. The first kappa shape index (κ1) is 16.6. The van der Waals surface area contributed by atoms with Crippen LogP contribution in [0.2, 0.25) is 0 Å². The summed E-state index contributed by atoms with van der Waals surface area (Å²) in [4.78, 5) is 23.6. The van der Waals surface area contributed by atoms with Crippen molar-refractivity contribution in [3.8, 4) is 11.8 Å². The molecule has 7 heteroatoms. The summed E-state index contributed by atoms with van der Waals surface area (Å²) in [6.45, 7) is 0.0348. The van der Waals surface area contributed by atoms with Crippen LogP contribution in [0.25, 0.3) is 0 Å². The van der Waals surface area contributed by atoms with Gasteiger partial charge in [-0.3, -0.25) is 9.59 Å². The average Bonchev–Trinajstić information content (AvgIpc) is 2.42. The minimum absolute atomic E-state index is 0.0185. The van der Waals surface area contributed by atoms with Gasteiger partial charge < -0.3 is 10.1 Å². The lowest BCUT2D eigenvalue weighted by Gasteiger charge is -2.14. The van der Waals surface area contributed by atoms with E-state index in [1.165, 1.54) is 33.0 Å². The van der Waals surface area contributed by atoms with Crippen LogP contribution in [0.3, 0.4) is 0 Å². The highest BCUT2D eigenvalue weighted by Gasteiger charge is 2.27. The van der Waals surface area contributed by atoms with Crippen LogP contribution in [0.4, 0.5) is 8.78 Å². The number of carbonyl (C=O) groups excluding carboxylic acids is 2. The van der Waals surface area contributed by atoms with Gasteiger partial charge >= 0.3 is 6.61 Å². The Kier molecular flexibility index (Phi) is 5.36. The van der Waals surface area contributed by atoms with E-state index in [2.05, 4.69) is 10.1 Å². The van der Waals surface area contributed by atoms with E-state index in [1.807, 2.05) is 0 Å². The van der Waals surface area contributed by atoms with Crippen LogP contribution >= 0.6 is 0 Å². The van der Waals surface area contributed by atoms with Crippen molar-refractivity contribution >= 4 is 11.7 Å². The summed E-state index contributed by atoms with van der Waals surface area (Å²) in [5, 5.41) is 11.1. The number of halogens is 2. The molecule has 1 aromatic rings. The van der Waals surface area contributed by atoms with Crippen molar-refractivity contribution in [3.63, 3.8) is 0 Å². The lowest BCUT2D eigenvalue weighted by Crippen LogP contribution is -2.32. The molecular weight excluding hydrogens is 282 g/mol. The van der Waals surface area contributed by atoms with Crippen LogP contribution in [-0.2, 0) is 4.79 Å². The Bertz CT molecular complexity index is 586. The molecule has 0 spiro atoms. The number of nitriles is 1. The maximum absolute atomic E-state index is 12.3. The predicted octanol–water partition coefficient (Wildman–Crippen LogP) is 1.97. The molecule has 0 heterocycles. The van der Waals surface area contributed by atoms with Gasteiger partial charge in [-0.15, -0.1) is 0 Å². The summed E-state index contributed by atoms with van der Waals surface area (Å²) < 4.78 is 29.0. The van der Waals surface area contributed by atoms with Gasteiger partial charge in [-0.2, -0.15) is 14.0 Å². The summed E-state index contributed by atoms with van der Waals surface area (Å²) in [5.74, 6) is -2.90. The van der Waals surface area contributed by atoms with Gasteiger partial charge in [-0.25, -0.2) is 0 Å². The third-order valence-corrected chi connectivity index (χ3v) is 2.85. The minimum atomic E-state index is -2.97. The lowest BCUT2D eigenvalue weighted by molar-refractivity contribution is -0.121. The van der Waals surface area contributed by atoms with Gasteiger partial charge in [-0.1, -0.05) is 0 Å². The number of nitrogens with zero attached hydrogens (tertiary/aromatic N) is 1. The number of rotatable bonds is 5. The Morgan fingerprint density at radius 3 is 2.19 bits per heavy atom. The third kappa shape index (κ3) is 3.75. The predicted molar refractivity (Wildman–Crippen MR) is 70.0 cm³/mol. The maximum atomic E-state index is 12.3. The number of alkyl halides is 2. The second kappa shape index (κ2) is 6.79. The molecule has 1 rings (SSSR count). The highest BCUT2D eigenvalue weighted by Crippen LogP contribution is 2.27. The number of nitrogens with one attached hydrogen (secondary N) is 1. The zero-order valence-corrected chi connectivity index (χ0v) is 11.7. The van der Waals surface area contributed by atoms with Gasteiger partial charge in [0.2, 0.25) is 5.91 Å². The van der Waals surface area contributed by atoms with Crippen molar-refractivity contribution in [2.45, 2.75) is 20.5 Å². The number of ketones is 1. The number of hydrogen-bond donors (Lipinski definition) is 1. The lowest BCUT2D eigenvalue weighted by atomic mass is 9.95. The van der Waals surface area contributed by atoms with E-state index in [0.29, 0.717) is 11.1 Å². The second-order valence-corrected chi connectivity index (χ2v) is 4.36. The molecule has 0 aromatic heterocycles. The van der Waals surface area contributed by atoms with Gasteiger partial charge in [0.1, 0.15) is 5.75 Å². The quantitative estimate of drug-likeness (QED) is 0.665. The van der Waals surface area contributed by atoms with Crippen molar-refractivity contribution in [2.24, 2.45) is 5.92 Å². The first-order chi connectivity index (χ1) is 9.81. The van der Waals surface area contributed by atoms with Crippen LogP contribution in [0, 0.1) is 31.1 Å². The van der Waals surface area contributed by atoms with E-state index in [0.717, 1.165) is 0 Å². The topological polar surface area (TPSA) is 79.2 Å². The summed E-state index contributed by atoms with van der Waals surface area (Å²) in [5.41, 5.74) is 0.751. The normalized spacial score (nSPS) is 11.7. The molecule has 0 saturated carbocycles. The number of amides is 1. The number of aryl methyl sites for hydroxylation is 2. The van der Waals surface area contributed by atoms with Crippen molar-refractivity contribution in [3.05, 3.63) is 28.8 Å². The Morgan fingerprint density at radius 1 is 1.29 bits per heavy atom. The van der Waals surface area contributed by atoms with E-state index in [4.69, 9.17) is 5.26 Å². The Labute approximate surface area is 120 Å². The first-order valence-electron chi connectivity index (χ1n) is 6.03. The molecule has 1 unspecified atom stereocenters. The number of benzene rings is 1. The van der Waals surface area contributed by atoms with E-state index in [1.54, 1.807) is 6.07 Å². The van der Waals surface area contributed by atoms with Gasteiger partial charge in [0.05, 0.1) is 6.07 Å². The third-order valence-electron chi connectivity index (χ3n) is 2.85. The van der Waals surface area contributed by atoms with Crippen molar-refractivity contribution in [2.75, 3.05) is 7.05 Å². The molecular formula is C14H14F2N2O3.